The van der Waals surface area contributed by atoms with Crippen LogP contribution < -0.4 is 10.7 Å². The quantitative estimate of drug-likeness (QED) is 0.646. The fourth-order valence-electron chi connectivity index (χ4n) is 1.61. The van der Waals surface area contributed by atoms with Crippen LogP contribution in [0.1, 0.15) is 12.5 Å². The number of nitrogens with one attached hydrogen (secondary N) is 2. The standard InChI is InChI=1S/C15H15BrN4O/c1-11(19-14-4-2-3-13(16)9-14)15(21)20-18-10-12-5-7-17-8-6-12/h2-11,19H,1H3,(H,20,21)/t11-/m0/s1. The summed E-state index contributed by atoms with van der Waals surface area (Å²) in [5.41, 5.74) is 4.24. The fourth-order valence-corrected chi connectivity index (χ4v) is 2.01. The van der Waals surface area contributed by atoms with Gasteiger partial charge in [0.25, 0.3) is 5.91 Å². The molecule has 1 amide bonds. The molecular formula is C15H15BrN4O. The third kappa shape index (κ3) is 5.00. The third-order valence-electron chi connectivity index (χ3n) is 2.70. The summed E-state index contributed by atoms with van der Waals surface area (Å²) in [6.07, 6.45) is 4.91. The number of amides is 1. The van der Waals surface area contributed by atoms with Crippen LogP contribution in [-0.2, 0) is 4.79 Å². The Hall–Kier alpha value is -2.21. The van der Waals surface area contributed by atoms with Crippen LogP contribution in [-0.4, -0.2) is 23.1 Å². The molecule has 0 aliphatic heterocycles. The monoisotopic (exact) mass is 346 g/mol. The van der Waals surface area contributed by atoms with Gasteiger partial charge in [0.2, 0.25) is 0 Å². The molecule has 108 valence electrons. The number of hydrogen-bond acceptors (Lipinski definition) is 4. The molecule has 1 aromatic carbocycles. The molecular weight excluding hydrogens is 332 g/mol. The number of carbonyl (C=O) groups is 1. The van der Waals surface area contributed by atoms with Crippen LogP contribution in [0, 0.1) is 0 Å². The highest BCUT2D eigenvalue weighted by Crippen LogP contribution is 2.16. The van der Waals surface area contributed by atoms with Crippen LogP contribution >= 0.6 is 15.9 Å². The van der Waals surface area contributed by atoms with Gasteiger partial charge in [-0.3, -0.25) is 9.78 Å². The van der Waals surface area contributed by atoms with E-state index in [-0.39, 0.29) is 5.91 Å². The Bertz CT molecular complexity index is 631. The van der Waals surface area contributed by atoms with Crippen LogP contribution in [0.25, 0.3) is 0 Å². The minimum Gasteiger partial charge on any atom is -0.374 e. The molecule has 0 radical (unpaired) electrons. The Morgan fingerprint density at radius 1 is 1.33 bits per heavy atom. The molecule has 0 saturated heterocycles. The number of hydrogen-bond donors (Lipinski definition) is 2. The van der Waals surface area contributed by atoms with Crippen LogP contribution in [0.2, 0.25) is 0 Å². The lowest BCUT2D eigenvalue weighted by molar-refractivity contribution is -0.121. The molecule has 1 atom stereocenters. The first-order valence-electron chi connectivity index (χ1n) is 6.40. The Kier molecular flexibility index (Phi) is 5.45. The summed E-state index contributed by atoms with van der Waals surface area (Å²) in [6.45, 7) is 1.78. The van der Waals surface area contributed by atoms with E-state index in [2.05, 4.69) is 36.8 Å². The largest absolute Gasteiger partial charge is 0.374 e. The number of nitrogens with zero attached hydrogens (tertiary/aromatic N) is 2. The molecule has 1 aromatic heterocycles. The van der Waals surface area contributed by atoms with E-state index >= 15 is 0 Å². The summed E-state index contributed by atoms with van der Waals surface area (Å²) in [7, 11) is 0. The molecule has 2 N–H and O–H groups in total. The first-order valence-corrected chi connectivity index (χ1v) is 7.19. The van der Waals surface area contributed by atoms with Crippen molar-refractivity contribution in [2.45, 2.75) is 13.0 Å². The molecule has 0 unspecified atom stereocenters. The average Bonchev–Trinajstić information content (AvgIpc) is 2.48. The second kappa shape index (κ2) is 7.54. The number of aromatic nitrogens is 1. The van der Waals surface area contributed by atoms with Crippen LogP contribution in [0.4, 0.5) is 5.69 Å². The van der Waals surface area contributed by atoms with E-state index in [9.17, 15) is 4.79 Å². The first-order chi connectivity index (χ1) is 10.1. The molecule has 0 fully saturated rings. The summed E-state index contributed by atoms with van der Waals surface area (Å²) in [4.78, 5) is 15.8. The second-order valence-corrected chi connectivity index (χ2v) is 5.31. The molecule has 0 bridgehead atoms. The number of hydrazone groups is 1. The lowest BCUT2D eigenvalue weighted by Gasteiger charge is -2.13. The SMILES string of the molecule is C[C@H](Nc1cccc(Br)c1)C(=O)NN=Cc1ccncc1. The van der Waals surface area contributed by atoms with Gasteiger partial charge >= 0.3 is 0 Å². The van der Waals surface area contributed by atoms with Gasteiger partial charge in [0.1, 0.15) is 6.04 Å². The second-order valence-electron chi connectivity index (χ2n) is 4.39. The zero-order valence-electron chi connectivity index (χ0n) is 11.5. The minimum absolute atomic E-state index is 0.208. The van der Waals surface area contributed by atoms with Gasteiger partial charge in [-0.2, -0.15) is 5.10 Å². The van der Waals surface area contributed by atoms with Crippen molar-refractivity contribution in [2.75, 3.05) is 5.32 Å². The highest BCUT2D eigenvalue weighted by molar-refractivity contribution is 9.10. The normalized spacial score (nSPS) is 12.1. The molecule has 0 spiro atoms. The average molecular weight is 347 g/mol. The van der Waals surface area contributed by atoms with Crippen molar-refractivity contribution < 1.29 is 4.79 Å². The van der Waals surface area contributed by atoms with Crippen molar-refractivity contribution >= 4 is 33.7 Å². The first kappa shape index (κ1) is 15.2. The van der Waals surface area contributed by atoms with Crippen LogP contribution in [0.15, 0.2) is 58.4 Å². The van der Waals surface area contributed by atoms with Gasteiger partial charge in [-0.15, -0.1) is 0 Å². The maximum atomic E-state index is 11.9. The van der Waals surface area contributed by atoms with Crippen molar-refractivity contribution in [1.29, 1.82) is 0 Å². The lowest BCUT2D eigenvalue weighted by atomic mass is 10.2. The van der Waals surface area contributed by atoms with E-state index in [1.165, 1.54) is 0 Å². The summed E-state index contributed by atoms with van der Waals surface area (Å²) in [5.74, 6) is -0.208. The van der Waals surface area contributed by atoms with E-state index in [0.29, 0.717) is 0 Å². The van der Waals surface area contributed by atoms with Crippen molar-refractivity contribution in [1.82, 2.24) is 10.4 Å². The number of anilines is 1. The molecule has 2 rings (SSSR count). The van der Waals surface area contributed by atoms with Gasteiger partial charge in [-0.1, -0.05) is 22.0 Å². The van der Waals surface area contributed by atoms with Crippen molar-refractivity contribution in [3.63, 3.8) is 0 Å². The highest BCUT2D eigenvalue weighted by atomic mass is 79.9. The van der Waals surface area contributed by atoms with Gasteiger partial charge in [0.05, 0.1) is 6.21 Å². The summed E-state index contributed by atoms with van der Waals surface area (Å²) in [5, 5.41) is 7.03. The van der Waals surface area contributed by atoms with Gasteiger partial charge < -0.3 is 5.32 Å². The van der Waals surface area contributed by atoms with Crippen molar-refractivity contribution in [3.8, 4) is 0 Å². The van der Waals surface area contributed by atoms with E-state index in [4.69, 9.17) is 0 Å². The molecule has 2 aromatic rings. The zero-order valence-corrected chi connectivity index (χ0v) is 13.0. The topological polar surface area (TPSA) is 66.4 Å². The van der Waals surface area contributed by atoms with E-state index in [1.54, 1.807) is 37.7 Å². The van der Waals surface area contributed by atoms with Crippen molar-refractivity contribution in [2.24, 2.45) is 5.10 Å². The Balaban J connectivity index is 1.87. The summed E-state index contributed by atoms with van der Waals surface area (Å²) in [6, 6.07) is 10.8. The molecule has 6 heteroatoms. The number of halogens is 1. The van der Waals surface area contributed by atoms with E-state index < -0.39 is 6.04 Å². The van der Waals surface area contributed by atoms with Gasteiger partial charge in [-0.05, 0) is 42.8 Å². The molecule has 0 saturated carbocycles. The highest BCUT2D eigenvalue weighted by Gasteiger charge is 2.11. The van der Waals surface area contributed by atoms with E-state index in [1.807, 2.05) is 24.3 Å². The summed E-state index contributed by atoms with van der Waals surface area (Å²) >= 11 is 3.39. The Morgan fingerprint density at radius 3 is 2.81 bits per heavy atom. The smallest absolute Gasteiger partial charge is 0.262 e. The lowest BCUT2D eigenvalue weighted by Crippen LogP contribution is -2.34. The zero-order chi connectivity index (χ0) is 15.1. The van der Waals surface area contributed by atoms with Gasteiger partial charge in [0, 0.05) is 22.6 Å². The molecule has 1 heterocycles. The molecule has 0 aliphatic rings. The predicted octanol–water partition coefficient (Wildman–Crippen LogP) is 2.79. The predicted molar refractivity (Wildman–Crippen MR) is 87.2 cm³/mol. The Morgan fingerprint density at radius 2 is 2.10 bits per heavy atom. The molecule has 0 aliphatic carbocycles. The molecule has 21 heavy (non-hydrogen) atoms. The summed E-state index contributed by atoms with van der Waals surface area (Å²) < 4.78 is 0.954. The number of pyridine rings is 1. The number of carbonyl (C=O) groups excluding carboxylic acids is 1. The molecule has 5 nitrogen and oxygen atoms in total. The maximum Gasteiger partial charge on any atom is 0.262 e. The third-order valence-corrected chi connectivity index (χ3v) is 3.19. The maximum absolute atomic E-state index is 11.9. The Labute approximate surface area is 131 Å². The minimum atomic E-state index is -0.395. The van der Waals surface area contributed by atoms with Crippen LogP contribution in [0.3, 0.4) is 0 Å². The van der Waals surface area contributed by atoms with E-state index in [0.717, 1.165) is 15.7 Å². The van der Waals surface area contributed by atoms with Crippen molar-refractivity contribution in [3.05, 3.63) is 58.8 Å². The van der Waals surface area contributed by atoms with Gasteiger partial charge in [0.15, 0.2) is 0 Å². The van der Waals surface area contributed by atoms with Crippen LogP contribution in [0.5, 0.6) is 0 Å². The van der Waals surface area contributed by atoms with Gasteiger partial charge in [-0.25, -0.2) is 5.43 Å². The fraction of sp³-hybridized carbons (Fsp3) is 0.133. The number of rotatable bonds is 5. The number of benzene rings is 1.